The molecule has 0 N–H and O–H groups in total. The van der Waals surface area contributed by atoms with Crippen molar-refractivity contribution >= 4 is 21.6 Å². The fraction of sp³-hybridized carbons (Fsp3) is 0.273. The average Bonchev–Trinajstić information content (AvgIpc) is 3.36. The fourth-order valence-corrected chi connectivity index (χ4v) is 4.77. The molecule has 7 nitrogen and oxygen atoms in total. The van der Waals surface area contributed by atoms with E-state index in [-0.39, 0.29) is 0 Å². The Hall–Kier alpha value is -3.44. The van der Waals surface area contributed by atoms with Crippen molar-refractivity contribution in [2.75, 3.05) is 0 Å². The number of thiophene rings is 1. The molecule has 0 saturated heterocycles. The van der Waals surface area contributed by atoms with Crippen LogP contribution >= 0.6 is 11.3 Å². The Morgan fingerprint density at radius 3 is 2.60 bits per heavy atom. The fourth-order valence-electron chi connectivity index (χ4n) is 3.51. The summed E-state index contributed by atoms with van der Waals surface area (Å²) in [5.41, 5.74) is -0.470. The first-order chi connectivity index (χ1) is 14.3. The second-order valence-corrected chi connectivity index (χ2v) is 8.55. The molecular weight excluding hydrogens is 400 g/mol. The molecule has 8 heteroatoms. The maximum atomic E-state index is 13.4. The number of nitriles is 1. The van der Waals surface area contributed by atoms with E-state index in [9.17, 15) is 14.9 Å². The molecule has 3 heterocycles. The van der Waals surface area contributed by atoms with Gasteiger partial charge in [0.25, 0.3) is 5.56 Å². The summed E-state index contributed by atoms with van der Waals surface area (Å²) in [5, 5.41) is 10.0. The van der Waals surface area contributed by atoms with Gasteiger partial charge in [0.1, 0.15) is 16.6 Å². The van der Waals surface area contributed by atoms with Gasteiger partial charge in [-0.2, -0.15) is 5.26 Å². The molecule has 0 saturated carbocycles. The van der Waals surface area contributed by atoms with E-state index in [1.54, 1.807) is 24.6 Å². The SMILES string of the molecule is Cc1c(-c2ncco2)sc2c1c(=O)n(C(C)(C)C#N)c(=O)n2CCc1ccccc1. The number of aromatic nitrogens is 3. The Morgan fingerprint density at radius 1 is 1.23 bits per heavy atom. The molecule has 4 aromatic rings. The molecule has 0 aliphatic rings. The Kier molecular flexibility index (Phi) is 4.92. The van der Waals surface area contributed by atoms with Crippen LogP contribution in [-0.4, -0.2) is 14.1 Å². The van der Waals surface area contributed by atoms with Crippen molar-refractivity contribution in [3.8, 4) is 16.8 Å². The summed E-state index contributed by atoms with van der Waals surface area (Å²) >= 11 is 1.31. The van der Waals surface area contributed by atoms with E-state index in [1.807, 2.05) is 37.3 Å². The minimum atomic E-state index is -1.28. The highest BCUT2D eigenvalue weighted by molar-refractivity contribution is 7.22. The third-order valence-corrected chi connectivity index (χ3v) is 6.44. The van der Waals surface area contributed by atoms with E-state index < -0.39 is 16.8 Å². The highest BCUT2D eigenvalue weighted by Gasteiger charge is 2.29. The lowest BCUT2D eigenvalue weighted by Gasteiger charge is -2.20. The Bertz CT molecular complexity index is 1370. The molecule has 152 valence electrons. The zero-order valence-electron chi connectivity index (χ0n) is 16.9. The zero-order chi connectivity index (χ0) is 21.5. The molecule has 0 bridgehead atoms. The van der Waals surface area contributed by atoms with Crippen molar-refractivity contribution in [2.45, 2.75) is 39.3 Å². The van der Waals surface area contributed by atoms with Gasteiger partial charge < -0.3 is 4.42 Å². The predicted molar refractivity (Wildman–Crippen MR) is 116 cm³/mol. The lowest BCUT2D eigenvalue weighted by molar-refractivity contribution is 0.418. The first-order valence-corrected chi connectivity index (χ1v) is 10.3. The van der Waals surface area contributed by atoms with Crippen LogP contribution in [0.2, 0.25) is 0 Å². The Labute approximate surface area is 176 Å². The number of hydrogen-bond donors (Lipinski definition) is 0. The second-order valence-electron chi connectivity index (χ2n) is 7.55. The van der Waals surface area contributed by atoms with Crippen LogP contribution in [0, 0.1) is 18.3 Å². The molecule has 3 aromatic heterocycles. The van der Waals surface area contributed by atoms with Crippen LogP contribution in [0.4, 0.5) is 0 Å². The third kappa shape index (κ3) is 3.17. The maximum absolute atomic E-state index is 13.4. The summed E-state index contributed by atoms with van der Waals surface area (Å²) in [4.78, 5) is 32.2. The molecule has 0 aliphatic heterocycles. The van der Waals surface area contributed by atoms with Gasteiger partial charge in [-0.15, -0.1) is 11.3 Å². The molecule has 0 atom stereocenters. The molecule has 30 heavy (non-hydrogen) atoms. The second kappa shape index (κ2) is 7.43. The van der Waals surface area contributed by atoms with E-state index in [0.717, 1.165) is 10.1 Å². The normalized spacial score (nSPS) is 11.7. The molecule has 4 rings (SSSR count). The van der Waals surface area contributed by atoms with Crippen molar-refractivity contribution < 1.29 is 4.42 Å². The van der Waals surface area contributed by atoms with Crippen LogP contribution in [0.25, 0.3) is 21.0 Å². The van der Waals surface area contributed by atoms with Gasteiger partial charge in [0.15, 0.2) is 0 Å². The van der Waals surface area contributed by atoms with Gasteiger partial charge in [0.2, 0.25) is 5.89 Å². The van der Waals surface area contributed by atoms with Gasteiger partial charge in [-0.25, -0.2) is 14.3 Å². The smallest absolute Gasteiger partial charge is 0.333 e. The summed E-state index contributed by atoms with van der Waals surface area (Å²) in [5.74, 6) is 0.404. The molecular formula is C22H20N4O3S. The van der Waals surface area contributed by atoms with Crippen molar-refractivity contribution in [1.82, 2.24) is 14.1 Å². The van der Waals surface area contributed by atoms with E-state index in [4.69, 9.17) is 4.42 Å². The van der Waals surface area contributed by atoms with Gasteiger partial charge in [0.05, 0.1) is 22.5 Å². The molecule has 0 aliphatic carbocycles. The van der Waals surface area contributed by atoms with Crippen molar-refractivity contribution in [1.29, 1.82) is 5.26 Å². The molecule has 0 fully saturated rings. The van der Waals surface area contributed by atoms with E-state index in [1.165, 1.54) is 17.6 Å². The van der Waals surface area contributed by atoms with Crippen molar-refractivity contribution in [3.63, 3.8) is 0 Å². The van der Waals surface area contributed by atoms with Crippen molar-refractivity contribution in [3.05, 3.63) is 74.8 Å². The minimum Gasteiger partial charge on any atom is -0.444 e. The van der Waals surface area contributed by atoms with Crippen LogP contribution in [0.3, 0.4) is 0 Å². The van der Waals surface area contributed by atoms with Crippen molar-refractivity contribution in [2.24, 2.45) is 0 Å². The summed E-state index contributed by atoms with van der Waals surface area (Å²) in [6, 6.07) is 11.9. The molecule has 0 unspecified atom stereocenters. The highest BCUT2D eigenvalue weighted by Crippen LogP contribution is 2.35. The first kappa shape index (κ1) is 19.9. The van der Waals surface area contributed by atoms with Gasteiger partial charge in [-0.05, 0) is 38.3 Å². The van der Waals surface area contributed by atoms with E-state index in [2.05, 4.69) is 11.1 Å². The number of rotatable bonds is 5. The maximum Gasteiger partial charge on any atom is 0.333 e. The lowest BCUT2D eigenvalue weighted by atomic mass is 10.1. The number of hydrogen-bond acceptors (Lipinski definition) is 6. The number of benzene rings is 1. The predicted octanol–water partition coefficient (Wildman–Crippen LogP) is 3.69. The topological polar surface area (TPSA) is 93.8 Å². The number of fused-ring (bicyclic) bond motifs is 1. The highest BCUT2D eigenvalue weighted by atomic mass is 32.1. The third-order valence-electron chi connectivity index (χ3n) is 5.14. The van der Waals surface area contributed by atoms with Gasteiger partial charge >= 0.3 is 5.69 Å². The monoisotopic (exact) mass is 420 g/mol. The van der Waals surface area contributed by atoms with E-state index >= 15 is 0 Å². The van der Waals surface area contributed by atoms with Crippen LogP contribution in [0.1, 0.15) is 25.0 Å². The van der Waals surface area contributed by atoms with Crippen LogP contribution in [0.15, 0.2) is 56.8 Å². The lowest BCUT2D eigenvalue weighted by Crippen LogP contribution is -2.48. The van der Waals surface area contributed by atoms with Crippen LogP contribution < -0.4 is 11.2 Å². The van der Waals surface area contributed by atoms with Gasteiger partial charge in [-0.3, -0.25) is 9.36 Å². The molecule has 0 radical (unpaired) electrons. The Morgan fingerprint density at radius 2 is 1.97 bits per heavy atom. The average molecular weight is 420 g/mol. The summed E-state index contributed by atoms with van der Waals surface area (Å²) in [7, 11) is 0. The number of aryl methyl sites for hydroxylation is 3. The van der Waals surface area contributed by atoms with Gasteiger partial charge in [0, 0.05) is 6.54 Å². The summed E-state index contributed by atoms with van der Waals surface area (Å²) < 4.78 is 8.08. The summed E-state index contributed by atoms with van der Waals surface area (Å²) in [6.07, 6.45) is 3.63. The molecule has 0 amide bonds. The summed E-state index contributed by atoms with van der Waals surface area (Å²) in [6.45, 7) is 5.33. The standard InChI is InChI=1S/C22H20N4O3S/c1-14-16-19(27)26(22(2,3)13-23)21(28)25(11-9-15-7-5-4-6-8-15)20(16)30-17(14)18-24-10-12-29-18/h4-8,10,12H,9,11H2,1-3H3. The zero-order valence-corrected chi connectivity index (χ0v) is 17.7. The number of nitrogens with zero attached hydrogens (tertiary/aromatic N) is 4. The first-order valence-electron chi connectivity index (χ1n) is 9.49. The van der Waals surface area contributed by atoms with Crippen LogP contribution in [-0.2, 0) is 18.5 Å². The van der Waals surface area contributed by atoms with Crippen LogP contribution in [0.5, 0.6) is 0 Å². The molecule has 1 aromatic carbocycles. The quantitative estimate of drug-likeness (QED) is 0.491. The molecule has 0 spiro atoms. The minimum absolute atomic E-state index is 0.381. The van der Waals surface area contributed by atoms with Gasteiger partial charge in [-0.1, -0.05) is 30.3 Å². The largest absolute Gasteiger partial charge is 0.444 e. The number of oxazole rings is 1. The Balaban J connectivity index is 2.00. The van der Waals surface area contributed by atoms with E-state index in [0.29, 0.717) is 39.5 Å².